The molecule has 4 aromatic rings. The summed E-state index contributed by atoms with van der Waals surface area (Å²) in [6.45, 7) is 18.0. The molecule has 6 heteroatoms. The van der Waals surface area contributed by atoms with E-state index in [-0.39, 0.29) is 11.9 Å². The molecule has 0 N–H and O–H groups in total. The number of carbonyl (C=O) groups excluding carboxylic acids is 2. The molecule has 280 valence electrons. The zero-order valence-corrected chi connectivity index (χ0v) is 38.1. The normalized spacial score (nSPS) is 14.8. The maximum atomic E-state index is 15.4. The molecule has 0 bridgehead atoms. The van der Waals surface area contributed by atoms with E-state index >= 15 is 9.59 Å². The van der Waals surface area contributed by atoms with Crippen LogP contribution < -0.4 is 17.6 Å². The number of benzene rings is 4. The molecule has 4 aromatic carbocycles. The van der Waals surface area contributed by atoms with E-state index in [0.717, 1.165) is 55.5 Å². The third-order valence-corrected chi connectivity index (χ3v) is 45.0. The Balaban J connectivity index is 2.30. The van der Waals surface area contributed by atoms with Gasteiger partial charge in [0, 0.05) is 0 Å². The predicted octanol–water partition coefficient (Wildman–Crippen LogP) is 7.29. The predicted molar refractivity (Wildman–Crippen MR) is 227 cm³/mol. The first-order valence-electron chi connectivity index (χ1n) is 20.1. The summed E-state index contributed by atoms with van der Waals surface area (Å²) in [5.41, 5.74) is 10.3. The Morgan fingerprint density at radius 1 is 0.415 bits per heavy atom. The van der Waals surface area contributed by atoms with Crippen molar-refractivity contribution in [3.63, 3.8) is 0 Å². The molecular weight excluding hydrogens is 774 g/mol. The van der Waals surface area contributed by atoms with Crippen molar-refractivity contribution in [3.8, 4) is 0 Å². The molecule has 5 rings (SSSR count). The van der Waals surface area contributed by atoms with E-state index < -0.39 is 26.5 Å². The molecule has 4 nitrogen and oxygen atoms in total. The van der Waals surface area contributed by atoms with Crippen LogP contribution in [0.3, 0.4) is 0 Å². The van der Waals surface area contributed by atoms with E-state index in [1.807, 2.05) is 0 Å². The minimum absolute atomic E-state index is 0.349. The molecule has 0 fully saturated rings. The summed E-state index contributed by atoms with van der Waals surface area (Å²) < 4.78 is 19.7. The van der Waals surface area contributed by atoms with Gasteiger partial charge in [0.2, 0.25) is 0 Å². The van der Waals surface area contributed by atoms with E-state index in [2.05, 4.69) is 128 Å². The van der Waals surface area contributed by atoms with Crippen molar-refractivity contribution < 1.29 is 19.1 Å². The van der Waals surface area contributed by atoms with Crippen molar-refractivity contribution in [2.45, 2.75) is 111 Å². The molecule has 0 spiro atoms. The summed E-state index contributed by atoms with van der Waals surface area (Å²) in [5.74, 6) is -0.698. The first kappa shape index (κ1) is 40.8. The minimum atomic E-state index is -4.33. The van der Waals surface area contributed by atoms with Gasteiger partial charge in [-0.15, -0.1) is 0 Å². The molecule has 0 unspecified atom stereocenters. The molecule has 1 aliphatic heterocycles. The van der Waals surface area contributed by atoms with Crippen LogP contribution in [0.4, 0.5) is 0 Å². The monoisotopic (exact) mass is 836 g/mol. The van der Waals surface area contributed by atoms with E-state index in [1.165, 1.54) is 76.3 Å². The van der Waals surface area contributed by atoms with E-state index in [4.69, 9.17) is 9.47 Å². The summed E-state index contributed by atoms with van der Waals surface area (Å²) in [6, 6.07) is 27.1. The third kappa shape index (κ3) is 6.60. The van der Waals surface area contributed by atoms with Crippen LogP contribution in [0.25, 0.3) is 0 Å². The zero-order valence-electron chi connectivity index (χ0n) is 33.9. The van der Waals surface area contributed by atoms with Gasteiger partial charge in [-0.3, -0.25) is 0 Å². The van der Waals surface area contributed by atoms with Crippen molar-refractivity contribution in [1.82, 2.24) is 0 Å². The van der Waals surface area contributed by atoms with Gasteiger partial charge in [-0.25, -0.2) is 0 Å². The molecule has 0 saturated heterocycles. The third-order valence-electron chi connectivity index (χ3n) is 12.1. The van der Waals surface area contributed by atoms with Gasteiger partial charge >= 0.3 is 326 Å². The Morgan fingerprint density at radius 3 is 0.755 bits per heavy atom. The van der Waals surface area contributed by atoms with Gasteiger partial charge in [-0.2, -0.15) is 0 Å². The van der Waals surface area contributed by atoms with E-state index in [9.17, 15) is 0 Å². The van der Waals surface area contributed by atoms with Gasteiger partial charge in [0.05, 0.1) is 0 Å². The fraction of sp³-hybridized carbons (Fsp3) is 0.404. The Morgan fingerprint density at radius 2 is 0.604 bits per heavy atom. The average Bonchev–Trinajstić information content (AvgIpc) is 3.53. The van der Waals surface area contributed by atoms with Crippen LogP contribution in [-0.4, -0.2) is 52.7 Å². The van der Waals surface area contributed by atoms with Crippen molar-refractivity contribution in [3.05, 3.63) is 126 Å². The number of esters is 2. The van der Waals surface area contributed by atoms with Gasteiger partial charge in [0.25, 0.3) is 0 Å². The molecule has 1 aliphatic rings. The van der Waals surface area contributed by atoms with Crippen LogP contribution in [0.2, 0.25) is 4.09 Å². The first-order valence-corrected chi connectivity index (χ1v) is 29.3. The van der Waals surface area contributed by atoms with Crippen LogP contribution in [-0.2, 0) is 70.4 Å². The first-order chi connectivity index (χ1) is 25.7. The fourth-order valence-electron chi connectivity index (χ4n) is 10.0. The summed E-state index contributed by atoms with van der Waals surface area (Å²) in [5, 5.41) is 0. The molecule has 0 atom stereocenters. The summed E-state index contributed by atoms with van der Waals surface area (Å²) in [7, 11) is 3.02. The Hall–Kier alpha value is -3.35. The fourth-order valence-corrected chi connectivity index (χ4v) is 59.6. The van der Waals surface area contributed by atoms with Crippen LogP contribution in [0.1, 0.15) is 99.9 Å². The van der Waals surface area contributed by atoms with E-state index in [0.29, 0.717) is 8.81 Å². The molecule has 53 heavy (non-hydrogen) atoms. The summed E-state index contributed by atoms with van der Waals surface area (Å²) in [6.07, 6.45) is 6.71. The second kappa shape index (κ2) is 17.4. The van der Waals surface area contributed by atoms with Crippen LogP contribution in [0.5, 0.6) is 0 Å². The van der Waals surface area contributed by atoms with Gasteiger partial charge in [0.15, 0.2) is 0 Å². The van der Waals surface area contributed by atoms with Crippen molar-refractivity contribution in [1.29, 1.82) is 0 Å². The SMILES string of the molecule is CCc1cccc(CC)[c]1[Ge]1([c]2c(CC)cccc2CC)[CH2][Ge]([c]2c(CC)cccc2CC)([c]2c(CC)cccc2CC)[C](C(=O)OC)=[C]1C(=O)OC. The quantitative estimate of drug-likeness (QED) is 0.0991. The van der Waals surface area contributed by atoms with Gasteiger partial charge in [0.1, 0.15) is 0 Å². The number of ether oxygens (including phenoxy) is 2. The molecule has 0 aliphatic carbocycles. The summed E-state index contributed by atoms with van der Waals surface area (Å²) >= 11 is -8.66. The molecule has 0 saturated carbocycles. The van der Waals surface area contributed by atoms with Crippen LogP contribution in [0, 0.1) is 0 Å². The summed E-state index contributed by atoms with van der Waals surface area (Å²) in [4.78, 5) is 30.7. The molecule has 0 radical (unpaired) electrons. The Bertz CT molecular complexity index is 1680. The number of rotatable bonds is 14. The molecular formula is C47H60Ge2O4. The Kier molecular flexibility index (Phi) is 13.4. The second-order valence-corrected chi connectivity index (χ2v) is 32.8. The number of methoxy groups -OCH3 is 2. The van der Waals surface area contributed by atoms with Crippen molar-refractivity contribution >= 4 is 56.1 Å². The van der Waals surface area contributed by atoms with Gasteiger partial charge in [-0.05, 0) is 0 Å². The molecule has 0 amide bonds. The second-order valence-electron chi connectivity index (χ2n) is 14.4. The van der Waals surface area contributed by atoms with Crippen molar-refractivity contribution in [2.24, 2.45) is 0 Å². The molecule has 0 aromatic heterocycles. The number of hydrogen-bond acceptors (Lipinski definition) is 4. The Labute approximate surface area is 324 Å². The van der Waals surface area contributed by atoms with Crippen LogP contribution >= 0.6 is 0 Å². The number of aryl methyl sites for hydroxylation is 8. The van der Waals surface area contributed by atoms with Crippen molar-refractivity contribution in [2.75, 3.05) is 14.2 Å². The maximum absolute atomic E-state index is 15.4. The zero-order chi connectivity index (χ0) is 38.5. The van der Waals surface area contributed by atoms with Crippen LogP contribution in [0.15, 0.2) is 81.6 Å². The number of hydrogen-bond donors (Lipinski definition) is 0. The number of carbonyl (C=O) groups is 2. The molecule has 1 heterocycles. The van der Waals surface area contributed by atoms with Gasteiger partial charge in [-0.1, -0.05) is 0 Å². The van der Waals surface area contributed by atoms with Gasteiger partial charge < -0.3 is 0 Å². The van der Waals surface area contributed by atoms with E-state index in [1.54, 1.807) is 0 Å². The topological polar surface area (TPSA) is 52.6 Å². The standard InChI is InChI=1S/C47H60Ge2O4/c1-11-32-23-19-24-33(12-2)40(32)48(41-34(13-3)25-20-26-35(41)14-4)31-49(42-36(15-5)27-21-28-37(42)16-6,43-38(17-7)29-22-30-39(43)18-8)45(47(51)53-10)44(48)46(50)52-9/h19-30H,11-18,31H2,1-10H3. The average molecular weight is 834 g/mol.